The Bertz CT molecular complexity index is 2000. The van der Waals surface area contributed by atoms with Crippen LogP contribution in [0.25, 0.3) is 0 Å². The van der Waals surface area contributed by atoms with Gasteiger partial charge in [-0.15, -0.1) is 0 Å². The predicted molar refractivity (Wildman–Crippen MR) is 259 cm³/mol. The molecule has 0 aromatic heterocycles. The number of unbranched alkanes of at least 4 members (excludes halogenated alkanes) is 1. The summed E-state index contributed by atoms with van der Waals surface area (Å²) in [6.07, 6.45) is 1.97. The number of hydrogen-bond acceptors (Lipinski definition) is 11. The van der Waals surface area contributed by atoms with E-state index in [9.17, 15) is 33.6 Å². The standard InChI is InChI=1S/C49H72N8O9S/c1-31(2)28-37(54-48(64)66-49(6,7)8)42(59)53-38(29-34-18-11-9-12-19-34)45(62)57-27-17-23-39(57)43(60)55-40(32(3)4)44(61)52-36(41(58)56-46-50-26-24-33(5)67-46)22-15-16-25-51-47(63)65-30-35-20-13-10-14-21-35/h9-14,18-21,31-33,36-40H,15-17,22-30H2,1-8H3,(H,51,63)(H,52,61)(H,53,59)(H,54,64)(H,55,60)(H,50,56,58)/t33?,36-,37-,38+,39-,40-/m0/s1. The van der Waals surface area contributed by atoms with Gasteiger partial charge in [-0.2, -0.15) is 0 Å². The van der Waals surface area contributed by atoms with E-state index in [1.807, 2.05) is 81.4 Å². The number of rotatable bonds is 21. The molecule has 4 rings (SSSR count). The number of aliphatic imine (C=N–C) groups is 1. The lowest BCUT2D eigenvalue weighted by atomic mass is 10.00. The van der Waals surface area contributed by atoms with Crippen LogP contribution in [0, 0.1) is 11.8 Å². The van der Waals surface area contributed by atoms with Gasteiger partial charge in [0, 0.05) is 31.3 Å². The zero-order chi connectivity index (χ0) is 49.1. The molecule has 7 amide bonds. The molecule has 2 aliphatic rings. The van der Waals surface area contributed by atoms with Crippen LogP contribution >= 0.6 is 11.8 Å². The highest BCUT2D eigenvalue weighted by Gasteiger charge is 2.40. The quantitative estimate of drug-likeness (QED) is 0.0879. The van der Waals surface area contributed by atoms with Crippen LogP contribution in [0.3, 0.4) is 0 Å². The van der Waals surface area contributed by atoms with Gasteiger partial charge in [0.15, 0.2) is 5.17 Å². The van der Waals surface area contributed by atoms with Crippen LogP contribution in [0.4, 0.5) is 9.59 Å². The predicted octanol–water partition coefficient (Wildman–Crippen LogP) is 5.36. The first-order valence-electron chi connectivity index (χ1n) is 23.5. The molecule has 67 heavy (non-hydrogen) atoms. The Morgan fingerprint density at radius 3 is 2.06 bits per heavy atom. The Morgan fingerprint density at radius 2 is 1.43 bits per heavy atom. The molecule has 1 unspecified atom stereocenters. The van der Waals surface area contributed by atoms with Gasteiger partial charge >= 0.3 is 12.2 Å². The van der Waals surface area contributed by atoms with Crippen molar-refractivity contribution in [3.8, 4) is 0 Å². The summed E-state index contributed by atoms with van der Waals surface area (Å²) in [6, 6.07) is 13.4. The maximum atomic E-state index is 14.5. The van der Waals surface area contributed by atoms with Gasteiger partial charge in [0.2, 0.25) is 29.5 Å². The first-order chi connectivity index (χ1) is 31.8. The van der Waals surface area contributed by atoms with Crippen molar-refractivity contribution >= 4 is 58.7 Å². The van der Waals surface area contributed by atoms with Gasteiger partial charge in [-0.05, 0) is 88.7 Å². The number of likely N-dealkylation sites (tertiary alicyclic amines) is 1. The van der Waals surface area contributed by atoms with Crippen LogP contribution < -0.4 is 31.9 Å². The van der Waals surface area contributed by atoms with Gasteiger partial charge < -0.3 is 46.3 Å². The van der Waals surface area contributed by atoms with Crippen LogP contribution in [-0.2, 0) is 46.5 Å². The first kappa shape index (κ1) is 54.0. The summed E-state index contributed by atoms with van der Waals surface area (Å²) in [5.41, 5.74) is 0.839. The van der Waals surface area contributed by atoms with E-state index in [-0.39, 0.29) is 50.1 Å². The molecule has 6 atom stereocenters. The van der Waals surface area contributed by atoms with Crippen molar-refractivity contribution in [2.75, 3.05) is 19.6 Å². The minimum Gasteiger partial charge on any atom is -0.445 e. The van der Waals surface area contributed by atoms with E-state index >= 15 is 0 Å². The summed E-state index contributed by atoms with van der Waals surface area (Å²) in [5.74, 6) is -3.01. The maximum absolute atomic E-state index is 14.5. The molecule has 2 aromatic carbocycles. The number of carbonyl (C=O) groups is 7. The topological polar surface area (TPSA) is 226 Å². The van der Waals surface area contributed by atoms with E-state index in [1.54, 1.807) is 34.6 Å². The fourth-order valence-corrected chi connectivity index (χ4v) is 8.56. The lowest BCUT2D eigenvalue weighted by molar-refractivity contribution is -0.142. The number of hydrogen-bond donors (Lipinski definition) is 6. The number of alkyl carbamates (subject to hydrolysis) is 2. The lowest BCUT2D eigenvalue weighted by Gasteiger charge is -2.32. The summed E-state index contributed by atoms with van der Waals surface area (Å²) in [6.45, 7) is 15.8. The van der Waals surface area contributed by atoms with Crippen LogP contribution in [0.15, 0.2) is 65.7 Å². The normalized spacial score (nSPS) is 17.8. The molecule has 2 heterocycles. The van der Waals surface area contributed by atoms with Crippen LogP contribution in [0.2, 0.25) is 0 Å². The number of amidine groups is 1. The highest BCUT2D eigenvalue weighted by Crippen LogP contribution is 2.22. The average molecular weight is 949 g/mol. The minimum atomic E-state index is -1.09. The summed E-state index contributed by atoms with van der Waals surface area (Å²) >= 11 is 1.45. The second kappa shape index (κ2) is 26.6. The summed E-state index contributed by atoms with van der Waals surface area (Å²) < 4.78 is 10.7. The van der Waals surface area contributed by atoms with Gasteiger partial charge in [0.05, 0.1) is 0 Å². The molecule has 0 spiro atoms. The fraction of sp³-hybridized carbons (Fsp3) is 0.592. The van der Waals surface area contributed by atoms with E-state index < -0.39 is 83.5 Å². The fourth-order valence-electron chi connectivity index (χ4n) is 7.63. The number of nitrogens with one attached hydrogen (secondary N) is 6. The average Bonchev–Trinajstić information content (AvgIpc) is 3.76. The van der Waals surface area contributed by atoms with E-state index in [0.29, 0.717) is 37.4 Å². The first-order valence-corrected chi connectivity index (χ1v) is 24.4. The van der Waals surface area contributed by atoms with Gasteiger partial charge in [0.25, 0.3) is 0 Å². The molecule has 0 bridgehead atoms. The molecule has 18 heteroatoms. The Morgan fingerprint density at radius 1 is 0.776 bits per heavy atom. The van der Waals surface area contributed by atoms with Gasteiger partial charge in [-0.1, -0.05) is 107 Å². The molecule has 1 fully saturated rings. The molecule has 2 aromatic rings. The highest BCUT2D eigenvalue weighted by molar-refractivity contribution is 8.14. The van der Waals surface area contributed by atoms with Crippen LogP contribution in [0.5, 0.6) is 0 Å². The molecule has 0 radical (unpaired) electrons. The van der Waals surface area contributed by atoms with Crippen LogP contribution in [0.1, 0.15) is 111 Å². The molecule has 0 saturated carbocycles. The van der Waals surface area contributed by atoms with Gasteiger partial charge in [-0.3, -0.25) is 29.0 Å². The number of nitrogens with zero attached hydrogens (tertiary/aromatic N) is 2. The third-order valence-electron chi connectivity index (χ3n) is 11.1. The zero-order valence-electron chi connectivity index (χ0n) is 40.4. The number of carbonyl (C=O) groups excluding carboxylic acids is 7. The smallest absolute Gasteiger partial charge is 0.408 e. The van der Waals surface area contributed by atoms with E-state index in [1.165, 1.54) is 16.7 Å². The van der Waals surface area contributed by atoms with E-state index in [2.05, 4.69) is 36.9 Å². The number of amides is 7. The molecule has 368 valence electrons. The summed E-state index contributed by atoms with van der Waals surface area (Å²) in [4.78, 5) is 102. The Kier molecular flexibility index (Phi) is 21.4. The minimum absolute atomic E-state index is 0.0100. The van der Waals surface area contributed by atoms with Crippen molar-refractivity contribution in [1.29, 1.82) is 0 Å². The van der Waals surface area contributed by atoms with Gasteiger partial charge in [0.1, 0.15) is 42.4 Å². The second-order valence-electron chi connectivity index (χ2n) is 18.9. The molecule has 6 N–H and O–H groups in total. The van der Waals surface area contributed by atoms with Crippen molar-refractivity contribution in [2.24, 2.45) is 16.8 Å². The second-order valence-corrected chi connectivity index (χ2v) is 20.4. The van der Waals surface area contributed by atoms with Crippen molar-refractivity contribution < 1.29 is 43.0 Å². The van der Waals surface area contributed by atoms with Crippen molar-refractivity contribution in [3.05, 3.63) is 71.8 Å². The Hall–Kier alpha value is -5.65. The third kappa shape index (κ3) is 18.9. The molecule has 1 saturated heterocycles. The molecular formula is C49H72N8O9S. The van der Waals surface area contributed by atoms with Crippen molar-refractivity contribution in [1.82, 2.24) is 36.8 Å². The zero-order valence-corrected chi connectivity index (χ0v) is 41.2. The van der Waals surface area contributed by atoms with E-state index in [0.717, 1.165) is 17.5 Å². The monoisotopic (exact) mass is 949 g/mol. The molecule has 0 aliphatic carbocycles. The maximum Gasteiger partial charge on any atom is 0.408 e. The number of thioether (sulfide) groups is 1. The summed E-state index contributed by atoms with van der Waals surface area (Å²) in [5, 5.41) is 17.6. The Labute approximate surface area is 399 Å². The third-order valence-corrected chi connectivity index (χ3v) is 12.2. The van der Waals surface area contributed by atoms with Crippen molar-refractivity contribution in [3.63, 3.8) is 0 Å². The largest absolute Gasteiger partial charge is 0.445 e. The molecule has 17 nitrogen and oxygen atoms in total. The van der Waals surface area contributed by atoms with Crippen molar-refractivity contribution in [2.45, 2.75) is 154 Å². The SMILES string of the molecule is CC(C)C[C@H](NC(=O)OC(C)(C)C)C(=O)N[C@H](Cc1ccccc1)C(=O)N1CCC[C@H]1C(=O)N[C@H](C(=O)N[C@@H](CCCCNC(=O)OCc1ccccc1)C(=O)NC1=NCCC(C)S1)C(C)C. The molecule has 2 aliphatic heterocycles. The molecular weight excluding hydrogens is 877 g/mol. The highest BCUT2D eigenvalue weighted by atomic mass is 32.2. The number of benzene rings is 2. The summed E-state index contributed by atoms with van der Waals surface area (Å²) in [7, 11) is 0. The van der Waals surface area contributed by atoms with Gasteiger partial charge in [-0.25, -0.2) is 9.59 Å². The Balaban J connectivity index is 1.45. The number of ether oxygens (including phenoxy) is 2. The lowest BCUT2D eigenvalue weighted by Crippen LogP contribution is -2.60. The van der Waals surface area contributed by atoms with Crippen LogP contribution in [-0.4, -0.2) is 112 Å². The van der Waals surface area contributed by atoms with E-state index in [4.69, 9.17) is 9.47 Å².